The topological polar surface area (TPSA) is 49.8 Å². The molecule has 0 aromatic carbocycles. The van der Waals surface area contributed by atoms with Gasteiger partial charge in [0.25, 0.3) is 0 Å². The van der Waals surface area contributed by atoms with Gasteiger partial charge < -0.3 is 9.84 Å². The van der Waals surface area contributed by atoms with Crippen LogP contribution in [0.25, 0.3) is 0 Å². The van der Waals surface area contributed by atoms with Gasteiger partial charge in [-0.1, -0.05) is 6.92 Å². The zero-order valence-corrected chi connectivity index (χ0v) is 9.61. The fraction of sp³-hybridized carbons (Fsp3) is 0.909. The summed E-state index contributed by atoms with van der Waals surface area (Å²) in [5.41, 5.74) is 0. The summed E-state index contributed by atoms with van der Waals surface area (Å²) in [5.74, 6) is -0.705. The fourth-order valence-electron chi connectivity index (χ4n) is 2.10. The highest BCUT2D eigenvalue weighted by Gasteiger charge is 2.25. The second-order valence-corrected chi connectivity index (χ2v) is 4.16. The number of ether oxygens (including phenoxy) is 1. The zero-order chi connectivity index (χ0) is 11.3. The van der Waals surface area contributed by atoms with Gasteiger partial charge in [0.15, 0.2) is 0 Å². The highest BCUT2D eigenvalue weighted by Crippen LogP contribution is 2.16. The number of carboxylic acids is 1. The molecule has 0 saturated carbocycles. The predicted octanol–water partition coefficient (Wildman–Crippen LogP) is 1.35. The van der Waals surface area contributed by atoms with Gasteiger partial charge in [-0.3, -0.25) is 9.69 Å². The zero-order valence-electron chi connectivity index (χ0n) is 9.61. The SMILES string of the molecule is CCC1COCCN1C(C)CCC(=O)O. The molecule has 4 nitrogen and oxygen atoms in total. The average molecular weight is 215 g/mol. The van der Waals surface area contributed by atoms with E-state index in [0.717, 1.165) is 32.6 Å². The van der Waals surface area contributed by atoms with Gasteiger partial charge >= 0.3 is 5.97 Å². The molecule has 88 valence electrons. The number of carbonyl (C=O) groups is 1. The third kappa shape index (κ3) is 3.80. The number of morpholine rings is 1. The van der Waals surface area contributed by atoms with Crippen LogP contribution in [0.1, 0.15) is 33.1 Å². The fourth-order valence-corrected chi connectivity index (χ4v) is 2.10. The molecule has 0 radical (unpaired) electrons. The van der Waals surface area contributed by atoms with Crippen LogP contribution < -0.4 is 0 Å². The first kappa shape index (κ1) is 12.5. The van der Waals surface area contributed by atoms with E-state index in [-0.39, 0.29) is 6.42 Å². The smallest absolute Gasteiger partial charge is 0.303 e. The highest BCUT2D eigenvalue weighted by atomic mass is 16.5. The molecule has 2 unspecified atom stereocenters. The molecule has 15 heavy (non-hydrogen) atoms. The summed E-state index contributed by atoms with van der Waals surface area (Å²) in [6, 6.07) is 0.803. The van der Waals surface area contributed by atoms with Crippen molar-refractivity contribution < 1.29 is 14.6 Å². The largest absolute Gasteiger partial charge is 0.481 e. The molecule has 1 aliphatic rings. The number of rotatable bonds is 5. The first-order chi connectivity index (χ1) is 7.15. The van der Waals surface area contributed by atoms with Gasteiger partial charge in [-0.25, -0.2) is 0 Å². The van der Waals surface area contributed by atoms with Crippen LogP contribution in [-0.4, -0.2) is 47.8 Å². The first-order valence-electron chi connectivity index (χ1n) is 5.70. The van der Waals surface area contributed by atoms with Crippen LogP contribution in [0.3, 0.4) is 0 Å². The molecule has 0 aromatic heterocycles. The van der Waals surface area contributed by atoms with E-state index in [1.54, 1.807) is 0 Å². The Morgan fingerprint density at radius 2 is 2.40 bits per heavy atom. The molecule has 1 N–H and O–H groups in total. The van der Waals surface area contributed by atoms with Crippen molar-refractivity contribution in [2.45, 2.75) is 45.2 Å². The number of carboxylic acid groups (broad SMARTS) is 1. The number of hydrogen-bond acceptors (Lipinski definition) is 3. The molecule has 0 amide bonds. The van der Waals surface area contributed by atoms with Gasteiger partial charge in [-0.15, -0.1) is 0 Å². The predicted molar refractivity (Wildman–Crippen MR) is 57.9 cm³/mol. The minimum absolute atomic E-state index is 0.259. The van der Waals surface area contributed by atoms with Crippen LogP contribution in [0.4, 0.5) is 0 Å². The normalized spacial score (nSPS) is 25.1. The molecular formula is C11H21NO3. The second kappa shape index (κ2) is 6.08. The molecule has 1 rings (SSSR count). The maximum atomic E-state index is 10.5. The average Bonchev–Trinajstić information content (AvgIpc) is 2.25. The second-order valence-electron chi connectivity index (χ2n) is 4.16. The molecule has 0 bridgehead atoms. The van der Waals surface area contributed by atoms with Crippen molar-refractivity contribution in [3.63, 3.8) is 0 Å². The Bertz CT molecular complexity index is 208. The van der Waals surface area contributed by atoms with E-state index in [9.17, 15) is 4.79 Å². The number of hydrogen-bond donors (Lipinski definition) is 1. The maximum absolute atomic E-state index is 10.5. The van der Waals surface area contributed by atoms with Crippen LogP contribution in [0.5, 0.6) is 0 Å². The Balaban J connectivity index is 2.40. The van der Waals surface area contributed by atoms with Gasteiger partial charge in [-0.05, 0) is 19.8 Å². The Morgan fingerprint density at radius 1 is 1.67 bits per heavy atom. The van der Waals surface area contributed by atoms with E-state index in [1.807, 2.05) is 0 Å². The molecule has 1 fully saturated rings. The number of nitrogens with zero attached hydrogens (tertiary/aromatic N) is 1. The molecule has 0 aliphatic carbocycles. The Hall–Kier alpha value is -0.610. The van der Waals surface area contributed by atoms with E-state index < -0.39 is 5.97 Å². The Kier molecular flexibility index (Phi) is 5.05. The van der Waals surface area contributed by atoms with E-state index in [0.29, 0.717) is 12.1 Å². The summed E-state index contributed by atoms with van der Waals surface area (Å²) in [5, 5.41) is 8.64. The molecule has 1 saturated heterocycles. The standard InChI is InChI=1S/C11H21NO3/c1-3-10-8-15-7-6-12(10)9(2)4-5-11(13)14/h9-10H,3-8H2,1-2H3,(H,13,14). The summed E-state index contributed by atoms with van der Waals surface area (Å²) < 4.78 is 5.42. The minimum atomic E-state index is -0.705. The van der Waals surface area contributed by atoms with Crippen molar-refractivity contribution in [2.24, 2.45) is 0 Å². The van der Waals surface area contributed by atoms with E-state index in [2.05, 4.69) is 18.7 Å². The molecule has 0 spiro atoms. The van der Waals surface area contributed by atoms with Crippen LogP contribution in [-0.2, 0) is 9.53 Å². The van der Waals surface area contributed by atoms with Crippen LogP contribution in [0.15, 0.2) is 0 Å². The highest BCUT2D eigenvalue weighted by molar-refractivity contribution is 5.66. The van der Waals surface area contributed by atoms with Crippen molar-refractivity contribution in [1.82, 2.24) is 4.90 Å². The van der Waals surface area contributed by atoms with Crippen LogP contribution >= 0.6 is 0 Å². The van der Waals surface area contributed by atoms with Crippen molar-refractivity contribution in [3.05, 3.63) is 0 Å². The van der Waals surface area contributed by atoms with E-state index in [1.165, 1.54) is 0 Å². The lowest BCUT2D eigenvalue weighted by atomic mass is 10.1. The maximum Gasteiger partial charge on any atom is 0.303 e. The molecule has 1 heterocycles. The summed E-state index contributed by atoms with van der Waals surface area (Å²) in [4.78, 5) is 12.9. The summed E-state index contributed by atoms with van der Waals surface area (Å²) in [7, 11) is 0. The minimum Gasteiger partial charge on any atom is -0.481 e. The quantitative estimate of drug-likeness (QED) is 0.752. The summed E-state index contributed by atoms with van der Waals surface area (Å²) in [6.45, 7) is 6.74. The third-order valence-corrected chi connectivity index (χ3v) is 3.09. The van der Waals surface area contributed by atoms with E-state index >= 15 is 0 Å². The molecule has 0 aromatic rings. The Labute approximate surface area is 91.2 Å². The molecular weight excluding hydrogens is 194 g/mol. The third-order valence-electron chi connectivity index (χ3n) is 3.09. The van der Waals surface area contributed by atoms with Crippen LogP contribution in [0.2, 0.25) is 0 Å². The van der Waals surface area contributed by atoms with Crippen LogP contribution in [0, 0.1) is 0 Å². The van der Waals surface area contributed by atoms with Gasteiger partial charge in [-0.2, -0.15) is 0 Å². The van der Waals surface area contributed by atoms with Crippen molar-refractivity contribution >= 4 is 5.97 Å². The lowest BCUT2D eigenvalue weighted by molar-refractivity contribution is -0.137. The Morgan fingerprint density at radius 3 is 3.00 bits per heavy atom. The van der Waals surface area contributed by atoms with Gasteiger partial charge in [0.1, 0.15) is 0 Å². The van der Waals surface area contributed by atoms with Gasteiger partial charge in [0.2, 0.25) is 0 Å². The summed E-state index contributed by atoms with van der Waals surface area (Å²) >= 11 is 0. The van der Waals surface area contributed by atoms with Crippen molar-refractivity contribution in [3.8, 4) is 0 Å². The van der Waals surface area contributed by atoms with Gasteiger partial charge in [0, 0.05) is 25.0 Å². The monoisotopic (exact) mass is 215 g/mol. The molecule has 2 atom stereocenters. The lowest BCUT2D eigenvalue weighted by Gasteiger charge is -2.39. The molecule has 1 aliphatic heterocycles. The van der Waals surface area contributed by atoms with Crippen molar-refractivity contribution in [2.75, 3.05) is 19.8 Å². The number of aliphatic carboxylic acids is 1. The van der Waals surface area contributed by atoms with E-state index in [4.69, 9.17) is 9.84 Å². The summed E-state index contributed by atoms with van der Waals surface area (Å²) in [6.07, 6.45) is 2.05. The first-order valence-corrected chi connectivity index (χ1v) is 5.70. The van der Waals surface area contributed by atoms with Crippen molar-refractivity contribution in [1.29, 1.82) is 0 Å². The lowest BCUT2D eigenvalue weighted by Crippen LogP contribution is -2.49. The molecule has 4 heteroatoms. The van der Waals surface area contributed by atoms with Gasteiger partial charge in [0.05, 0.1) is 13.2 Å².